The number of nitrogens with zero attached hydrogens (tertiary/aromatic N) is 4. The molecule has 308 valence electrons. The van der Waals surface area contributed by atoms with Crippen LogP contribution in [0.5, 0.6) is 0 Å². The Morgan fingerprint density at radius 2 is 1.26 bits per heavy atom. The van der Waals surface area contributed by atoms with Gasteiger partial charge in [-0.25, -0.2) is 19.6 Å². The van der Waals surface area contributed by atoms with Crippen LogP contribution in [0.4, 0.5) is 9.59 Å². The molecule has 0 saturated carbocycles. The van der Waals surface area contributed by atoms with E-state index in [4.69, 9.17) is 19.4 Å². The highest BCUT2D eigenvalue weighted by molar-refractivity contribution is 8.08. The second-order valence-electron chi connectivity index (χ2n) is 15.7. The molecule has 2 fully saturated rings. The van der Waals surface area contributed by atoms with Crippen LogP contribution in [0.25, 0.3) is 25.9 Å². The third-order valence-electron chi connectivity index (χ3n) is 11.2. The van der Waals surface area contributed by atoms with Gasteiger partial charge in [0.05, 0.1) is 55.0 Å². The zero-order valence-corrected chi connectivity index (χ0v) is 35.4. The Morgan fingerprint density at radius 1 is 0.741 bits per heavy atom. The number of aromatic amines is 2. The number of H-pyrrole nitrogens is 2. The lowest BCUT2D eigenvalue weighted by atomic mass is 10.0. The molecule has 4 amide bonds. The van der Waals surface area contributed by atoms with Crippen LogP contribution in [0.3, 0.4) is 0 Å². The maximum Gasteiger partial charge on any atom is 0.407 e. The Hall–Kier alpha value is -5.09. The molecule has 14 nitrogen and oxygen atoms in total. The predicted molar refractivity (Wildman–Crippen MR) is 225 cm³/mol. The first-order chi connectivity index (χ1) is 27.9. The maximum atomic E-state index is 13.6. The fraction of sp³-hybridized carbons (Fsp3) is 0.476. The summed E-state index contributed by atoms with van der Waals surface area (Å²) < 4.78 is 9.54. The summed E-state index contributed by atoms with van der Waals surface area (Å²) in [5.74, 6) is 1.06. The van der Waals surface area contributed by atoms with E-state index in [1.807, 2.05) is 61.7 Å². The highest BCUT2D eigenvalue weighted by Gasteiger charge is 2.39. The molecule has 16 heteroatoms. The molecule has 2 saturated heterocycles. The number of nitrogens with one attached hydrogen (secondary N) is 4. The van der Waals surface area contributed by atoms with Crippen molar-refractivity contribution in [3.05, 3.63) is 77.8 Å². The van der Waals surface area contributed by atoms with Gasteiger partial charge >= 0.3 is 12.2 Å². The van der Waals surface area contributed by atoms with Crippen molar-refractivity contribution < 1.29 is 28.7 Å². The van der Waals surface area contributed by atoms with Gasteiger partial charge in [-0.15, -0.1) is 23.1 Å². The fourth-order valence-corrected chi connectivity index (χ4v) is 10.2. The molecule has 0 aliphatic carbocycles. The molecule has 3 aromatic heterocycles. The Balaban J connectivity index is 0.964. The van der Waals surface area contributed by atoms with Crippen molar-refractivity contribution in [2.45, 2.75) is 89.2 Å². The second-order valence-corrected chi connectivity index (χ2v) is 18.0. The van der Waals surface area contributed by atoms with Crippen LogP contribution in [0, 0.1) is 11.8 Å². The van der Waals surface area contributed by atoms with Gasteiger partial charge in [0.1, 0.15) is 23.7 Å². The van der Waals surface area contributed by atoms with E-state index in [0.29, 0.717) is 13.1 Å². The number of hydrogen-bond acceptors (Lipinski definition) is 10. The molecule has 4 N–H and O–H groups in total. The van der Waals surface area contributed by atoms with E-state index < -0.39 is 24.3 Å². The molecule has 5 atom stereocenters. The Bertz CT molecular complexity index is 2140. The first-order valence-corrected chi connectivity index (χ1v) is 21.6. The number of likely N-dealkylation sites (tertiary alicyclic amines) is 2. The monoisotopic (exact) mass is 828 g/mol. The van der Waals surface area contributed by atoms with Crippen LogP contribution < -0.4 is 10.6 Å². The number of ether oxygens (including phenoxy) is 2. The van der Waals surface area contributed by atoms with Gasteiger partial charge in [-0.2, -0.15) is 0 Å². The molecular formula is C42H52N8O6S2. The Morgan fingerprint density at radius 3 is 1.79 bits per heavy atom. The minimum Gasteiger partial charge on any atom is -0.453 e. The Kier molecular flexibility index (Phi) is 12.6. The third kappa shape index (κ3) is 8.67. The summed E-state index contributed by atoms with van der Waals surface area (Å²) in [6, 6.07) is 11.3. The molecule has 2 unspecified atom stereocenters. The molecule has 6 heterocycles. The van der Waals surface area contributed by atoms with E-state index in [0.717, 1.165) is 75.4 Å². The van der Waals surface area contributed by atoms with Crippen LogP contribution in [0.15, 0.2) is 54.9 Å². The standard InChI is InChI=1S/C42H52N8O6S2/c1-23(2)35(47-41(53)55-5)39(51)49-19-7-9-29(49)37-43-21-27(45-37)33-17-15-31(57-33)25-11-13-26(14-12-25)32-16-18-34(58-32)28-22-44-38(46-28)30-10-8-20-50(30)40(52)36(24(3)4)48-42(54)56-6/h11-15,17-18,21-24,29-30,32,35-36H,7-10,16,19-20H2,1-6H3,(H,43,45)(H,44,46)(H,47,53)(H,48,54)/t29-,30-,32?,35?,36-/m0/s1. The van der Waals surface area contributed by atoms with Gasteiger partial charge < -0.3 is 39.9 Å². The highest BCUT2D eigenvalue weighted by Crippen LogP contribution is 2.48. The number of methoxy groups -OCH3 is 2. The minimum absolute atomic E-state index is 0.0945. The first-order valence-electron chi connectivity index (χ1n) is 19.9. The number of benzene rings is 1. The van der Waals surface area contributed by atoms with Crippen LogP contribution in [-0.4, -0.2) is 93.1 Å². The number of imidazole rings is 2. The van der Waals surface area contributed by atoms with Gasteiger partial charge in [-0.3, -0.25) is 9.59 Å². The molecule has 0 radical (unpaired) electrons. The zero-order chi connectivity index (χ0) is 41.1. The smallest absolute Gasteiger partial charge is 0.407 e. The lowest BCUT2D eigenvalue weighted by Gasteiger charge is -2.30. The van der Waals surface area contributed by atoms with E-state index in [-0.39, 0.29) is 41.0 Å². The summed E-state index contributed by atoms with van der Waals surface area (Å²) >= 11 is 3.50. The number of allylic oxidation sites excluding steroid dienone is 1. The van der Waals surface area contributed by atoms with E-state index in [9.17, 15) is 19.2 Å². The summed E-state index contributed by atoms with van der Waals surface area (Å²) in [5.41, 5.74) is 4.23. The Labute approximate surface area is 346 Å². The average molecular weight is 829 g/mol. The van der Waals surface area contributed by atoms with Crippen LogP contribution >= 0.6 is 23.1 Å². The molecule has 0 spiro atoms. The normalized spacial score (nSPS) is 20.3. The molecule has 3 aliphatic rings. The number of hydrogen-bond donors (Lipinski definition) is 4. The average Bonchev–Trinajstić information content (AvgIpc) is 4.07. The van der Waals surface area contributed by atoms with E-state index in [1.54, 1.807) is 11.3 Å². The van der Waals surface area contributed by atoms with Crippen molar-refractivity contribution in [3.8, 4) is 21.0 Å². The number of carbonyl (C=O) groups is 4. The van der Waals surface area contributed by atoms with Crippen molar-refractivity contribution >= 4 is 52.0 Å². The van der Waals surface area contributed by atoms with Gasteiger partial charge in [0.15, 0.2) is 0 Å². The van der Waals surface area contributed by atoms with Crippen LogP contribution in [0.2, 0.25) is 0 Å². The fourth-order valence-electron chi connectivity index (χ4n) is 7.99. The second kappa shape index (κ2) is 17.8. The molecule has 3 aliphatic heterocycles. The number of thioether (sulfide) groups is 1. The van der Waals surface area contributed by atoms with Gasteiger partial charge in [0.2, 0.25) is 11.8 Å². The van der Waals surface area contributed by atoms with Crippen molar-refractivity contribution in [2.75, 3.05) is 27.3 Å². The zero-order valence-electron chi connectivity index (χ0n) is 33.7. The molecule has 1 aromatic carbocycles. The van der Waals surface area contributed by atoms with Gasteiger partial charge in [-0.05, 0) is 67.2 Å². The minimum atomic E-state index is -0.680. The lowest BCUT2D eigenvalue weighted by Crippen LogP contribution is -2.51. The number of thiophene rings is 1. The van der Waals surface area contributed by atoms with Crippen molar-refractivity contribution in [2.24, 2.45) is 11.8 Å². The summed E-state index contributed by atoms with van der Waals surface area (Å²) in [7, 11) is 2.59. The molecular weight excluding hydrogens is 777 g/mol. The summed E-state index contributed by atoms with van der Waals surface area (Å²) in [4.78, 5) is 74.5. The van der Waals surface area contributed by atoms with Gasteiger partial charge in [0, 0.05) is 28.1 Å². The number of rotatable bonds is 12. The van der Waals surface area contributed by atoms with Crippen LogP contribution in [0.1, 0.15) is 100 Å². The van der Waals surface area contributed by atoms with Gasteiger partial charge in [0.25, 0.3) is 0 Å². The predicted octanol–water partition coefficient (Wildman–Crippen LogP) is 7.84. The lowest BCUT2D eigenvalue weighted by molar-refractivity contribution is -0.136. The number of amides is 4. The summed E-state index contributed by atoms with van der Waals surface area (Å²) in [6.45, 7) is 8.85. The SMILES string of the molecule is COC(=O)NC(C(=O)N1CCC[C@H]1c1ncc(-c2ccc(-c3ccc(C4CC=C(c5cnc([C@@H]6CCCN6C(=O)[C@@H](NC(=O)OC)C(C)C)[nH]5)S4)cc3)s2)[nH]1)C(C)C. The third-order valence-corrected chi connectivity index (χ3v) is 13.7. The van der Waals surface area contributed by atoms with Crippen molar-refractivity contribution in [3.63, 3.8) is 0 Å². The topological polar surface area (TPSA) is 175 Å². The molecule has 58 heavy (non-hydrogen) atoms. The maximum absolute atomic E-state index is 13.6. The van der Waals surface area contributed by atoms with Crippen LogP contribution in [-0.2, 0) is 19.1 Å². The summed E-state index contributed by atoms with van der Waals surface area (Å²) in [6.07, 6.45) is 8.93. The van der Waals surface area contributed by atoms with E-state index in [1.165, 1.54) is 19.8 Å². The van der Waals surface area contributed by atoms with Crippen molar-refractivity contribution in [1.82, 2.24) is 40.4 Å². The number of alkyl carbamates (subject to hydrolysis) is 2. The van der Waals surface area contributed by atoms with Crippen molar-refractivity contribution in [1.29, 1.82) is 0 Å². The largest absolute Gasteiger partial charge is 0.453 e. The first kappa shape index (κ1) is 41.1. The van der Waals surface area contributed by atoms with E-state index >= 15 is 0 Å². The molecule has 0 bridgehead atoms. The summed E-state index contributed by atoms with van der Waals surface area (Å²) in [5, 5.41) is 5.69. The molecule has 4 aromatic rings. The van der Waals surface area contributed by atoms with E-state index in [2.05, 4.69) is 63.1 Å². The molecule has 7 rings (SSSR count). The highest BCUT2D eigenvalue weighted by atomic mass is 32.2. The number of carbonyl (C=O) groups excluding carboxylic acids is 4. The quantitative estimate of drug-likeness (QED) is 0.111. The van der Waals surface area contributed by atoms with Gasteiger partial charge in [-0.1, -0.05) is 58.0 Å². The number of aromatic nitrogens is 4.